The van der Waals surface area contributed by atoms with Crippen molar-refractivity contribution >= 4 is 29.1 Å². The third-order valence-corrected chi connectivity index (χ3v) is 3.93. The zero-order valence-corrected chi connectivity index (χ0v) is 12.4. The van der Waals surface area contributed by atoms with Crippen molar-refractivity contribution in [2.75, 3.05) is 13.2 Å². The number of carbonyl (C=O) groups excluding carboxylic acids is 1. The van der Waals surface area contributed by atoms with Gasteiger partial charge in [0.05, 0.1) is 29.3 Å². The van der Waals surface area contributed by atoms with Gasteiger partial charge in [-0.25, -0.2) is 4.98 Å². The molecule has 19 heavy (non-hydrogen) atoms. The molecule has 1 aliphatic rings. The zero-order valence-electron chi connectivity index (χ0n) is 10.9. The summed E-state index contributed by atoms with van der Waals surface area (Å²) >= 11 is 11.7. The second-order valence-electron chi connectivity index (χ2n) is 4.66. The summed E-state index contributed by atoms with van der Waals surface area (Å²) in [6.45, 7) is 5.15. The fourth-order valence-electron chi connectivity index (χ4n) is 2.14. The van der Waals surface area contributed by atoms with Crippen LogP contribution >= 0.6 is 23.2 Å². The van der Waals surface area contributed by atoms with E-state index in [0.29, 0.717) is 23.7 Å². The van der Waals surface area contributed by atoms with Crippen molar-refractivity contribution < 1.29 is 9.53 Å². The van der Waals surface area contributed by atoms with Gasteiger partial charge in [0.15, 0.2) is 0 Å². The lowest BCUT2D eigenvalue weighted by atomic mass is 10.1. The van der Waals surface area contributed by atoms with E-state index in [1.807, 2.05) is 18.7 Å². The minimum absolute atomic E-state index is 0.0440. The molecule has 1 fully saturated rings. The molecule has 0 bridgehead atoms. The number of nitrogens with zero attached hydrogens (tertiary/aromatic N) is 2. The van der Waals surface area contributed by atoms with Crippen LogP contribution in [0, 0.1) is 0 Å². The lowest BCUT2D eigenvalue weighted by Gasteiger charge is -2.38. The molecule has 2 heterocycles. The zero-order chi connectivity index (χ0) is 14.0. The Balaban J connectivity index is 2.23. The molecular weight excluding hydrogens is 287 g/mol. The molecule has 0 radical (unpaired) electrons. The predicted octanol–water partition coefficient (Wildman–Crippen LogP) is 3.03. The summed E-state index contributed by atoms with van der Waals surface area (Å²) in [6, 6.07) is 1.66. The number of morpholine rings is 1. The molecule has 2 rings (SSSR count). The number of aromatic nitrogens is 1. The first-order valence-corrected chi connectivity index (χ1v) is 7.02. The summed E-state index contributed by atoms with van der Waals surface area (Å²) in [5.74, 6) is -0.0759. The number of ether oxygens (including phenoxy) is 1. The summed E-state index contributed by atoms with van der Waals surface area (Å²) in [5, 5.41) is 0.502. The maximum Gasteiger partial charge on any atom is 0.255 e. The van der Waals surface area contributed by atoms with Gasteiger partial charge in [0.25, 0.3) is 5.91 Å². The average molecular weight is 303 g/mol. The normalized spacial score (nSPS) is 23.5. The topological polar surface area (TPSA) is 42.4 Å². The van der Waals surface area contributed by atoms with E-state index in [0.717, 1.165) is 6.42 Å². The largest absolute Gasteiger partial charge is 0.375 e. The number of rotatable bonds is 2. The number of halogens is 2. The molecule has 104 valence electrons. The molecule has 6 heteroatoms. The van der Waals surface area contributed by atoms with Crippen molar-refractivity contribution in [3.8, 4) is 0 Å². The Morgan fingerprint density at radius 3 is 2.95 bits per heavy atom. The first-order valence-electron chi connectivity index (χ1n) is 6.26. The van der Waals surface area contributed by atoms with Crippen LogP contribution in [-0.2, 0) is 4.74 Å². The van der Waals surface area contributed by atoms with Gasteiger partial charge in [-0.2, -0.15) is 0 Å². The fraction of sp³-hybridized carbons (Fsp3) is 0.538. The number of hydrogen-bond donors (Lipinski definition) is 0. The Bertz CT molecular complexity index is 482. The Hall–Kier alpha value is -0.840. The van der Waals surface area contributed by atoms with E-state index in [4.69, 9.17) is 27.9 Å². The molecule has 0 saturated carbocycles. The second kappa shape index (κ2) is 6.07. The van der Waals surface area contributed by atoms with Crippen molar-refractivity contribution in [3.63, 3.8) is 0 Å². The van der Waals surface area contributed by atoms with Gasteiger partial charge in [0.1, 0.15) is 5.15 Å². The number of pyridine rings is 1. The molecule has 1 aliphatic heterocycles. The third kappa shape index (κ3) is 3.19. The highest BCUT2D eigenvalue weighted by Gasteiger charge is 2.30. The third-order valence-electron chi connectivity index (χ3n) is 3.24. The standard InChI is InChI=1S/C13H16Cl2N2O2/c1-3-10-7-19-8(2)6-17(10)13(18)9-4-11(14)12(15)16-5-9/h4-5,8,10H,3,6-7H2,1-2H3. The van der Waals surface area contributed by atoms with Crippen LogP contribution in [0.2, 0.25) is 10.2 Å². The maximum absolute atomic E-state index is 12.5. The first-order chi connectivity index (χ1) is 9.02. The Morgan fingerprint density at radius 2 is 2.32 bits per heavy atom. The SMILES string of the molecule is CCC1COC(C)CN1C(=O)c1cnc(Cl)c(Cl)c1. The lowest BCUT2D eigenvalue weighted by Crippen LogP contribution is -2.51. The van der Waals surface area contributed by atoms with E-state index in [1.54, 1.807) is 6.07 Å². The Morgan fingerprint density at radius 1 is 1.58 bits per heavy atom. The van der Waals surface area contributed by atoms with Crippen molar-refractivity contribution in [1.82, 2.24) is 9.88 Å². The van der Waals surface area contributed by atoms with E-state index in [1.165, 1.54) is 6.20 Å². The van der Waals surface area contributed by atoms with Crippen molar-refractivity contribution in [2.24, 2.45) is 0 Å². The smallest absolute Gasteiger partial charge is 0.255 e. The molecule has 1 aromatic heterocycles. The lowest BCUT2D eigenvalue weighted by molar-refractivity contribution is -0.0444. The van der Waals surface area contributed by atoms with E-state index >= 15 is 0 Å². The molecule has 2 unspecified atom stereocenters. The summed E-state index contributed by atoms with van der Waals surface area (Å²) in [6.07, 6.45) is 2.36. The van der Waals surface area contributed by atoms with Crippen molar-refractivity contribution in [1.29, 1.82) is 0 Å². The summed E-state index contributed by atoms with van der Waals surface area (Å²) in [7, 11) is 0. The van der Waals surface area contributed by atoms with Crippen LogP contribution in [0.5, 0.6) is 0 Å². The fourth-order valence-corrected chi connectivity index (χ4v) is 2.40. The average Bonchev–Trinajstić information content (AvgIpc) is 2.41. The quantitative estimate of drug-likeness (QED) is 0.789. The molecule has 0 spiro atoms. The van der Waals surface area contributed by atoms with Crippen LogP contribution in [0.1, 0.15) is 30.6 Å². The van der Waals surface area contributed by atoms with Gasteiger partial charge < -0.3 is 9.64 Å². The minimum Gasteiger partial charge on any atom is -0.375 e. The monoisotopic (exact) mass is 302 g/mol. The maximum atomic E-state index is 12.5. The highest BCUT2D eigenvalue weighted by atomic mass is 35.5. The van der Waals surface area contributed by atoms with Gasteiger partial charge in [0, 0.05) is 12.7 Å². The van der Waals surface area contributed by atoms with Gasteiger partial charge >= 0.3 is 0 Å². The summed E-state index contributed by atoms with van der Waals surface area (Å²) in [5.41, 5.74) is 0.460. The van der Waals surface area contributed by atoms with Crippen LogP contribution in [0.3, 0.4) is 0 Å². The van der Waals surface area contributed by atoms with Gasteiger partial charge in [-0.3, -0.25) is 4.79 Å². The number of carbonyl (C=O) groups is 1. The molecule has 4 nitrogen and oxygen atoms in total. The molecule has 0 aliphatic carbocycles. The highest BCUT2D eigenvalue weighted by Crippen LogP contribution is 2.23. The summed E-state index contributed by atoms with van der Waals surface area (Å²) < 4.78 is 5.58. The van der Waals surface area contributed by atoms with Crippen molar-refractivity contribution in [2.45, 2.75) is 32.4 Å². The van der Waals surface area contributed by atoms with E-state index in [-0.39, 0.29) is 23.2 Å². The molecule has 1 aromatic rings. The van der Waals surface area contributed by atoms with Gasteiger partial charge in [-0.05, 0) is 19.4 Å². The molecule has 0 aromatic carbocycles. The molecule has 2 atom stereocenters. The van der Waals surface area contributed by atoms with Crippen LogP contribution in [0.15, 0.2) is 12.3 Å². The molecule has 1 amide bonds. The highest BCUT2D eigenvalue weighted by molar-refractivity contribution is 6.41. The van der Waals surface area contributed by atoms with Crippen LogP contribution in [0.4, 0.5) is 0 Å². The molecule has 1 saturated heterocycles. The van der Waals surface area contributed by atoms with Gasteiger partial charge in [0.2, 0.25) is 0 Å². The van der Waals surface area contributed by atoms with E-state index in [9.17, 15) is 4.79 Å². The predicted molar refractivity (Wildman–Crippen MR) is 74.8 cm³/mol. The molecule has 0 N–H and O–H groups in total. The van der Waals surface area contributed by atoms with E-state index < -0.39 is 0 Å². The second-order valence-corrected chi connectivity index (χ2v) is 5.43. The van der Waals surface area contributed by atoms with Crippen molar-refractivity contribution in [3.05, 3.63) is 28.0 Å². The van der Waals surface area contributed by atoms with Gasteiger partial charge in [-0.1, -0.05) is 30.1 Å². The number of hydrogen-bond acceptors (Lipinski definition) is 3. The first kappa shape index (κ1) is 14.6. The van der Waals surface area contributed by atoms with E-state index in [2.05, 4.69) is 4.98 Å². The van der Waals surface area contributed by atoms with Crippen LogP contribution in [0.25, 0.3) is 0 Å². The summed E-state index contributed by atoms with van der Waals surface area (Å²) in [4.78, 5) is 18.3. The van der Waals surface area contributed by atoms with Crippen LogP contribution < -0.4 is 0 Å². The molecular formula is C13H16Cl2N2O2. The Kier molecular flexibility index (Phi) is 4.66. The minimum atomic E-state index is -0.0759. The van der Waals surface area contributed by atoms with Crippen LogP contribution in [-0.4, -0.2) is 41.1 Å². The Labute approximate surface area is 122 Å². The van der Waals surface area contributed by atoms with Gasteiger partial charge in [-0.15, -0.1) is 0 Å². The number of amides is 1.